The Hall–Kier alpha value is -1.71. The Bertz CT molecular complexity index is 1030. The van der Waals surface area contributed by atoms with Crippen LogP contribution in [0.1, 0.15) is 5.82 Å². The number of thiocarbonyl (C=S) groups is 1. The van der Waals surface area contributed by atoms with Crippen LogP contribution in [0.5, 0.6) is 0 Å². The van der Waals surface area contributed by atoms with Gasteiger partial charge in [0, 0.05) is 27.1 Å². The van der Waals surface area contributed by atoms with Crippen molar-refractivity contribution in [2.75, 3.05) is 6.26 Å². The lowest BCUT2D eigenvalue weighted by atomic mass is 10.0. The Balaban J connectivity index is 2.53. The number of benzene rings is 2. The maximum absolute atomic E-state index is 15.2. The molecule has 0 aliphatic heterocycles. The van der Waals surface area contributed by atoms with Crippen molar-refractivity contribution in [2.45, 2.75) is 10.9 Å². The maximum Gasteiger partial charge on any atom is 0.474 e. The molecule has 3 rings (SSSR count). The molecule has 0 bridgehead atoms. The lowest BCUT2D eigenvalue weighted by Crippen LogP contribution is -2.44. The fourth-order valence-corrected chi connectivity index (χ4v) is 3.95. The summed E-state index contributed by atoms with van der Waals surface area (Å²) in [5.74, 6) is -0.172. The van der Waals surface area contributed by atoms with Gasteiger partial charge in [-0.25, -0.2) is 4.57 Å². The van der Waals surface area contributed by atoms with E-state index in [1.165, 1.54) is 4.57 Å². The van der Waals surface area contributed by atoms with Crippen molar-refractivity contribution >= 4 is 44.1 Å². The third-order valence-corrected chi connectivity index (χ3v) is 6.11. The van der Waals surface area contributed by atoms with Gasteiger partial charge in [-0.2, -0.15) is 22.1 Å². The van der Waals surface area contributed by atoms with Crippen LogP contribution < -0.4 is 4.57 Å². The standard InChI is InChI=1S/C20H16BrF4N2S2/c1-26-15(13-9-5-3-6-10-13)16(14-11-7-4-8-12-14)27(17(26)18(28)29-2)20(24,25)19(21,22)23/h3-12H,1-2H3/q+1. The maximum atomic E-state index is 15.2. The molecule has 0 spiro atoms. The molecule has 2 aromatic carbocycles. The fourth-order valence-electron chi connectivity index (χ4n) is 3.13. The molecule has 1 heterocycles. The Morgan fingerprint density at radius 1 is 0.966 bits per heavy atom. The largest absolute Gasteiger partial charge is 0.474 e. The molecule has 0 N–H and O–H groups in total. The molecule has 29 heavy (non-hydrogen) atoms. The second kappa shape index (κ2) is 8.20. The third kappa shape index (κ3) is 3.87. The van der Waals surface area contributed by atoms with Gasteiger partial charge >= 0.3 is 16.7 Å². The molecule has 0 saturated heterocycles. The number of nitrogens with zero attached hydrogens (tertiary/aromatic N) is 2. The van der Waals surface area contributed by atoms with Crippen LogP contribution in [0.4, 0.5) is 17.6 Å². The quantitative estimate of drug-likeness (QED) is 0.177. The number of hydrogen-bond donors (Lipinski definition) is 0. The Morgan fingerprint density at radius 2 is 1.45 bits per heavy atom. The van der Waals surface area contributed by atoms with E-state index >= 15 is 8.78 Å². The molecular weight excluding hydrogens is 488 g/mol. The first-order valence-electron chi connectivity index (χ1n) is 8.40. The summed E-state index contributed by atoms with van der Waals surface area (Å²) in [6.07, 6.45) is 1.62. The number of hydrogen-bond acceptors (Lipinski definition) is 2. The molecule has 0 radical (unpaired) electrons. The van der Waals surface area contributed by atoms with Crippen molar-refractivity contribution in [3.63, 3.8) is 0 Å². The molecule has 0 saturated carbocycles. The molecular formula is C20H16BrF4N2S2+. The van der Waals surface area contributed by atoms with Gasteiger partial charge in [-0.05, 0) is 6.26 Å². The molecule has 2 nitrogen and oxygen atoms in total. The average molecular weight is 504 g/mol. The zero-order valence-corrected chi connectivity index (χ0v) is 18.6. The number of halogens is 5. The van der Waals surface area contributed by atoms with E-state index < -0.39 is 10.9 Å². The number of imidazole rings is 1. The average Bonchev–Trinajstić information content (AvgIpc) is 3.01. The van der Waals surface area contributed by atoms with Crippen LogP contribution in [0.25, 0.3) is 22.5 Å². The van der Waals surface area contributed by atoms with Crippen molar-refractivity contribution in [3.05, 3.63) is 66.5 Å². The SMILES string of the molecule is CSC(=S)c1n(C(F)(F)C(F)(F)Br)c(-c2ccccc2)c(-c2ccccc2)[n+]1C. The van der Waals surface area contributed by atoms with Gasteiger partial charge in [0.1, 0.15) is 0 Å². The van der Waals surface area contributed by atoms with Crippen molar-refractivity contribution < 1.29 is 22.1 Å². The first-order chi connectivity index (χ1) is 13.6. The molecule has 0 atom stereocenters. The minimum absolute atomic E-state index is 0.0465. The van der Waals surface area contributed by atoms with Gasteiger partial charge in [-0.15, -0.1) is 11.8 Å². The van der Waals surface area contributed by atoms with E-state index in [-0.39, 0.29) is 15.7 Å². The zero-order chi connectivity index (χ0) is 21.4. The zero-order valence-electron chi connectivity index (χ0n) is 15.4. The smallest absolute Gasteiger partial charge is 0.224 e. The number of alkyl halides is 5. The molecule has 3 aromatic rings. The summed E-state index contributed by atoms with van der Waals surface area (Å²) >= 11 is 8.21. The first kappa shape index (κ1) is 22.0. The summed E-state index contributed by atoms with van der Waals surface area (Å²) in [6.45, 7) is 0. The van der Waals surface area contributed by atoms with Crippen LogP contribution in [0, 0.1) is 0 Å². The lowest BCUT2D eigenvalue weighted by molar-refractivity contribution is -0.661. The summed E-state index contributed by atoms with van der Waals surface area (Å²) in [6, 6.07) is 12.5. The first-order valence-corrected chi connectivity index (χ1v) is 10.8. The number of rotatable bonds is 5. The van der Waals surface area contributed by atoms with E-state index in [1.54, 1.807) is 74.0 Å². The highest BCUT2D eigenvalue weighted by atomic mass is 79.9. The van der Waals surface area contributed by atoms with Crippen LogP contribution in [0.15, 0.2) is 60.7 Å². The molecule has 152 valence electrons. The predicted molar refractivity (Wildman–Crippen MR) is 116 cm³/mol. The summed E-state index contributed by atoms with van der Waals surface area (Å²) in [7, 11) is 1.55. The second-order valence-electron chi connectivity index (χ2n) is 6.18. The third-order valence-electron chi connectivity index (χ3n) is 4.40. The van der Waals surface area contributed by atoms with Crippen molar-refractivity contribution in [1.82, 2.24) is 4.57 Å². The number of thioether (sulfide) groups is 1. The lowest BCUT2D eigenvalue weighted by Gasteiger charge is -2.21. The van der Waals surface area contributed by atoms with Crippen LogP contribution in [0.3, 0.4) is 0 Å². The van der Waals surface area contributed by atoms with E-state index in [4.69, 9.17) is 12.2 Å². The highest BCUT2D eigenvalue weighted by Gasteiger charge is 2.64. The minimum atomic E-state index is -4.59. The van der Waals surface area contributed by atoms with E-state index in [0.717, 1.165) is 11.8 Å². The Labute approximate surface area is 183 Å². The van der Waals surface area contributed by atoms with Crippen LogP contribution in [0.2, 0.25) is 0 Å². The van der Waals surface area contributed by atoms with E-state index in [0.29, 0.717) is 21.4 Å². The van der Waals surface area contributed by atoms with Crippen molar-refractivity contribution in [1.29, 1.82) is 0 Å². The van der Waals surface area contributed by atoms with E-state index in [2.05, 4.69) is 0 Å². The molecule has 0 aliphatic carbocycles. The Kier molecular flexibility index (Phi) is 6.21. The van der Waals surface area contributed by atoms with Gasteiger partial charge in [0.2, 0.25) is 0 Å². The molecule has 9 heteroatoms. The molecule has 0 aliphatic rings. The van der Waals surface area contributed by atoms with Gasteiger partial charge in [0.05, 0.1) is 7.05 Å². The molecule has 0 unspecified atom stereocenters. The van der Waals surface area contributed by atoms with Crippen LogP contribution >= 0.6 is 39.9 Å². The van der Waals surface area contributed by atoms with Gasteiger partial charge in [0.25, 0.3) is 0 Å². The summed E-state index contributed by atoms with van der Waals surface area (Å²) in [5.41, 5.74) is 1.29. The van der Waals surface area contributed by atoms with Crippen LogP contribution in [-0.2, 0) is 13.1 Å². The topological polar surface area (TPSA) is 8.81 Å². The van der Waals surface area contributed by atoms with Crippen molar-refractivity contribution in [2.24, 2.45) is 7.05 Å². The van der Waals surface area contributed by atoms with Gasteiger partial charge in [-0.3, -0.25) is 0 Å². The molecule has 0 fully saturated rings. The minimum Gasteiger partial charge on any atom is -0.224 e. The van der Waals surface area contributed by atoms with Crippen molar-refractivity contribution in [3.8, 4) is 22.5 Å². The monoisotopic (exact) mass is 503 g/mol. The predicted octanol–water partition coefficient (Wildman–Crippen LogP) is 6.22. The summed E-state index contributed by atoms with van der Waals surface area (Å²) < 4.78 is 60.3. The van der Waals surface area contributed by atoms with Crippen LogP contribution in [-0.4, -0.2) is 19.9 Å². The fraction of sp³-hybridized carbons (Fsp3) is 0.200. The summed E-state index contributed by atoms with van der Waals surface area (Å²) in [4.78, 5) is -4.49. The highest BCUT2D eigenvalue weighted by Crippen LogP contribution is 2.47. The molecule has 0 amide bonds. The van der Waals surface area contributed by atoms with Gasteiger partial charge < -0.3 is 0 Å². The molecule has 1 aromatic heterocycles. The van der Waals surface area contributed by atoms with Gasteiger partial charge in [-0.1, -0.05) is 72.9 Å². The van der Waals surface area contributed by atoms with E-state index in [1.807, 2.05) is 15.9 Å². The number of aromatic nitrogens is 2. The summed E-state index contributed by atoms with van der Waals surface area (Å²) in [5, 5.41) is 0. The van der Waals surface area contributed by atoms with E-state index in [9.17, 15) is 8.78 Å². The highest BCUT2D eigenvalue weighted by molar-refractivity contribution is 9.10. The normalized spacial score (nSPS) is 12.2. The second-order valence-corrected chi connectivity index (χ2v) is 8.66. The Morgan fingerprint density at radius 3 is 1.90 bits per heavy atom. The van der Waals surface area contributed by atoms with Gasteiger partial charge in [0.15, 0.2) is 15.6 Å².